The van der Waals surface area contributed by atoms with E-state index in [1.165, 1.54) is 36.4 Å². The van der Waals surface area contributed by atoms with Gasteiger partial charge < -0.3 is 15.1 Å². The van der Waals surface area contributed by atoms with E-state index in [1.54, 1.807) is 12.1 Å². The molecule has 1 atom stereocenters. The van der Waals surface area contributed by atoms with Crippen molar-refractivity contribution in [3.63, 3.8) is 0 Å². The van der Waals surface area contributed by atoms with Crippen LogP contribution >= 0.6 is 11.6 Å². The average molecular weight is 497 g/mol. The first kappa shape index (κ1) is 24.6. The first-order valence-corrected chi connectivity index (χ1v) is 11.5. The molecule has 0 saturated heterocycles. The Balaban J connectivity index is 1.74. The van der Waals surface area contributed by atoms with E-state index in [2.05, 4.69) is 10.0 Å². The van der Waals surface area contributed by atoms with Crippen LogP contribution in [0.2, 0.25) is 5.02 Å². The quantitative estimate of drug-likeness (QED) is 0.259. The van der Waals surface area contributed by atoms with Crippen LogP contribution in [0.3, 0.4) is 0 Å². The zero-order valence-electron chi connectivity index (χ0n) is 17.4. The fourth-order valence-electron chi connectivity index (χ4n) is 2.98. The number of aromatic hydroxyl groups is 1. The van der Waals surface area contributed by atoms with E-state index in [9.17, 15) is 27.3 Å². The van der Waals surface area contributed by atoms with Gasteiger partial charge in [0.15, 0.2) is 0 Å². The molecule has 3 aromatic rings. The Labute approximate surface area is 196 Å². The Morgan fingerprint density at radius 3 is 2.36 bits per heavy atom. The second kappa shape index (κ2) is 10.3. The van der Waals surface area contributed by atoms with Gasteiger partial charge in [0.25, 0.3) is 5.91 Å². The van der Waals surface area contributed by atoms with Gasteiger partial charge in [-0.3, -0.25) is 4.79 Å². The molecule has 3 rings (SSSR count). The molecule has 0 spiro atoms. The van der Waals surface area contributed by atoms with Crippen molar-refractivity contribution in [1.82, 2.24) is 0 Å². The van der Waals surface area contributed by atoms with Gasteiger partial charge in [-0.15, -0.1) is 0 Å². The Hall–Kier alpha value is -3.04. The number of halogens is 4. The SMILES string of the molecule is CCCS(=O)Nc1cc(NC(=O)c2ccc(-c3ccc(C(F)(F)F)cc3Cl)cc2)ccc1O. The molecule has 10 heteroatoms. The predicted octanol–water partition coefficient (Wildman–Crippen LogP) is 6.47. The van der Waals surface area contributed by atoms with Gasteiger partial charge in [0, 0.05) is 27.6 Å². The zero-order valence-corrected chi connectivity index (χ0v) is 18.9. The summed E-state index contributed by atoms with van der Waals surface area (Å²) >= 11 is 6.04. The van der Waals surface area contributed by atoms with Gasteiger partial charge in [-0.2, -0.15) is 13.2 Å². The predicted molar refractivity (Wildman–Crippen MR) is 125 cm³/mol. The molecule has 0 bridgehead atoms. The number of hydrogen-bond acceptors (Lipinski definition) is 3. The van der Waals surface area contributed by atoms with Crippen molar-refractivity contribution in [1.29, 1.82) is 0 Å². The van der Waals surface area contributed by atoms with Crippen LogP contribution in [0, 0.1) is 0 Å². The van der Waals surface area contributed by atoms with Crippen LogP contribution in [-0.2, 0) is 17.2 Å². The Morgan fingerprint density at radius 1 is 1.06 bits per heavy atom. The van der Waals surface area contributed by atoms with Gasteiger partial charge in [0.2, 0.25) is 0 Å². The normalized spacial score (nSPS) is 12.3. The number of alkyl halides is 3. The molecule has 0 saturated carbocycles. The Bertz CT molecular complexity index is 1180. The summed E-state index contributed by atoms with van der Waals surface area (Å²) in [7, 11) is -1.36. The highest BCUT2D eigenvalue weighted by Crippen LogP contribution is 2.35. The fourth-order valence-corrected chi connectivity index (χ4v) is 4.16. The molecule has 1 unspecified atom stereocenters. The van der Waals surface area contributed by atoms with Gasteiger partial charge in [0.05, 0.1) is 11.3 Å². The third-order valence-electron chi connectivity index (χ3n) is 4.62. The minimum Gasteiger partial charge on any atom is -0.506 e. The molecule has 174 valence electrons. The second-order valence-corrected chi connectivity index (χ2v) is 8.82. The summed E-state index contributed by atoms with van der Waals surface area (Å²) in [5.74, 6) is -0.132. The Kier molecular flexibility index (Phi) is 7.65. The molecule has 0 heterocycles. The van der Waals surface area contributed by atoms with E-state index in [-0.39, 0.29) is 16.5 Å². The lowest BCUT2D eigenvalue weighted by molar-refractivity contribution is -0.137. The molecule has 0 aliphatic heterocycles. The number of benzene rings is 3. The minimum absolute atomic E-state index is 0.0494. The van der Waals surface area contributed by atoms with E-state index in [0.717, 1.165) is 12.1 Å². The number of carbonyl (C=O) groups excluding carboxylic acids is 1. The van der Waals surface area contributed by atoms with Crippen molar-refractivity contribution in [3.8, 4) is 16.9 Å². The summed E-state index contributed by atoms with van der Waals surface area (Å²) in [4.78, 5) is 12.6. The van der Waals surface area contributed by atoms with E-state index >= 15 is 0 Å². The molecule has 0 aromatic heterocycles. The number of phenolic OH excluding ortho intramolecular Hbond substituents is 1. The number of phenols is 1. The smallest absolute Gasteiger partial charge is 0.416 e. The van der Waals surface area contributed by atoms with Crippen molar-refractivity contribution in [3.05, 3.63) is 76.8 Å². The van der Waals surface area contributed by atoms with E-state index in [1.807, 2.05) is 6.92 Å². The highest BCUT2D eigenvalue weighted by molar-refractivity contribution is 7.86. The van der Waals surface area contributed by atoms with Gasteiger partial charge >= 0.3 is 6.18 Å². The minimum atomic E-state index is -4.49. The molecule has 0 fully saturated rings. The third kappa shape index (κ3) is 6.27. The molecule has 1 amide bonds. The van der Waals surface area contributed by atoms with Gasteiger partial charge in [-0.05, 0) is 54.4 Å². The Morgan fingerprint density at radius 2 is 1.76 bits per heavy atom. The van der Waals surface area contributed by atoms with E-state index in [4.69, 9.17) is 11.6 Å². The summed E-state index contributed by atoms with van der Waals surface area (Å²) in [5, 5.41) is 12.6. The van der Waals surface area contributed by atoms with Crippen LogP contribution in [0.4, 0.5) is 24.5 Å². The zero-order chi connectivity index (χ0) is 24.2. The third-order valence-corrected chi connectivity index (χ3v) is 6.16. The van der Waals surface area contributed by atoms with Gasteiger partial charge in [-0.1, -0.05) is 36.7 Å². The highest BCUT2D eigenvalue weighted by Gasteiger charge is 2.31. The van der Waals surface area contributed by atoms with Crippen molar-refractivity contribution in [2.24, 2.45) is 0 Å². The van der Waals surface area contributed by atoms with Crippen LogP contribution in [0.1, 0.15) is 29.3 Å². The average Bonchev–Trinajstić information content (AvgIpc) is 2.75. The summed E-state index contributed by atoms with van der Waals surface area (Å²) < 4.78 is 53.1. The first-order valence-electron chi connectivity index (χ1n) is 9.85. The monoisotopic (exact) mass is 496 g/mol. The first-order chi connectivity index (χ1) is 15.6. The molecular formula is C23H20ClF3N2O3S. The maximum Gasteiger partial charge on any atom is 0.416 e. The summed E-state index contributed by atoms with van der Waals surface area (Å²) in [6.45, 7) is 1.88. The van der Waals surface area contributed by atoms with Crippen LogP contribution < -0.4 is 10.0 Å². The summed E-state index contributed by atoms with van der Waals surface area (Å²) in [6, 6.07) is 13.7. The standard InChI is InChI=1S/C23H20ClF3N2O3S/c1-2-11-33(32)29-20-13-17(8-10-21(20)30)28-22(31)15-5-3-14(4-6-15)18-9-7-16(12-19(18)24)23(25,26)27/h3-10,12-13,29-30H,2,11H2,1H3,(H,28,31). The summed E-state index contributed by atoms with van der Waals surface area (Å²) in [5.41, 5.74) is 1.04. The molecule has 0 radical (unpaired) electrons. The number of anilines is 2. The lowest BCUT2D eigenvalue weighted by Gasteiger charge is -2.12. The van der Waals surface area contributed by atoms with Crippen LogP contribution in [-0.4, -0.2) is 21.0 Å². The maximum absolute atomic E-state index is 12.8. The van der Waals surface area contributed by atoms with Gasteiger partial charge in [-0.25, -0.2) is 4.21 Å². The van der Waals surface area contributed by atoms with Crippen LogP contribution in [0.25, 0.3) is 11.1 Å². The molecule has 3 N–H and O–H groups in total. The largest absolute Gasteiger partial charge is 0.506 e. The van der Waals surface area contributed by atoms with Crippen molar-refractivity contribution in [2.45, 2.75) is 19.5 Å². The molecule has 3 aromatic carbocycles. The second-order valence-electron chi connectivity index (χ2n) is 7.11. The van der Waals surface area contributed by atoms with Crippen molar-refractivity contribution in [2.75, 3.05) is 15.8 Å². The summed E-state index contributed by atoms with van der Waals surface area (Å²) in [6.07, 6.45) is -3.79. The van der Waals surface area contributed by atoms with Gasteiger partial charge in [0.1, 0.15) is 16.7 Å². The lowest BCUT2D eigenvalue weighted by Crippen LogP contribution is -2.12. The number of rotatable bonds is 7. The van der Waals surface area contributed by atoms with Crippen LogP contribution in [0.5, 0.6) is 5.75 Å². The number of nitrogens with one attached hydrogen (secondary N) is 2. The number of hydrogen-bond donors (Lipinski definition) is 3. The topological polar surface area (TPSA) is 78.4 Å². The molecule has 5 nitrogen and oxygen atoms in total. The molecule has 0 aliphatic rings. The molecular weight excluding hydrogens is 477 g/mol. The molecule has 0 aliphatic carbocycles. The van der Waals surface area contributed by atoms with Crippen molar-refractivity contribution < 1.29 is 27.3 Å². The van der Waals surface area contributed by atoms with E-state index in [0.29, 0.717) is 34.6 Å². The van der Waals surface area contributed by atoms with Crippen LogP contribution in [0.15, 0.2) is 60.7 Å². The molecule has 33 heavy (non-hydrogen) atoms. The van der Waals surface area contributed by atoms with E-state index < -0.39 is 28.6 Å². The fraction of sp³-hybridized carbons (Fsp3) is 0.174. The number of amides is 1. The van der Waals surface area contributed by atoms with Crippen molar-refractivity contribution >= 4 is 39.9 Å². The lowest BCUT2D eigenvalue weighted by atomic mass is 10.0. The highest BCUT2D eigenvalue weighted by atomic mass is 35.5. The maximum atomic E-state index is 12.8. The number of carbonyl (C=O) groups is 1.